The van der Waals surface area contributed by atoms with Crippen LogP contribution in [0.25, 0.3) is 4.13 Å². The first-order valence-corrected chi connectivity index (χ1v) is 20.3. The standard InChI is InChI=1S/2C8H15N2.C6H10N2.C2H5Br.BrH.F2HNO4S2.F2NO4S2.K/c2*1-5-10-7(2)6-9(4)8(10)3;1-5-4-8(3)6(2)7-5;1-2-3;;2*1-8(4,5)3-9(2,6)7;/h2*6H,5H2,1-4H3;4H,1-3H3;2H2,1H3;1H;3H;;/q2*+1;;;;;-1;+1/p-1. The molecule has 27 heteroatoms. The van der Waals surface area contributed by atoms with Crippen LogP contribution in [0.3, 0.4) is 0 Å². The molecule has 0 aromatic carbocycles. The van der Waals surface area contributed by atoms with E-state index in [-0.39, 0.29) is 72.5 Å². The molecule has 16 nitrogen and oxygen atoms in total. The average molecular weight is 978 g/mol. The van der Waals surface area contributed by atoms with Crippen molar-refractivity contribution in [3.63, 3.8) is 0 Å². The van der Waals surface area contributed by atoms with Crippen molar-refractivity contribution in [1.82, 2.24) is 22.8 Å². The molecule has 51 heavy (non-hydrogen) atoms. The maximum absolute atomic E-state index is 11.1. The van der Waals surface area contributed by atoms with Gasteiger partial charge in [-0.2, -0.15) is 16.8 Å². The van der Waals surface area contributed by atoms with Crippen LogP contribution in [0.5, 0.6) is 0 Å². The van der Waals surface area contributed by atoms with Gasteiger partial charge in [0.05, 0.1) is 32.9 Å². The summed E-state index contributed by atoms with van der Waals surface area (Å²) < 4.78 is 130. The summed E-state index contributed by atoms with van der Waals surface area (Å²) in [5.41, 5.74) is 3.76. The average Bonchev–Trinajstić information content (AvgIpc) is 3.39. The van der Waals surface area contributed by atoms with Crippen LogP contribution in [-0.2, 0) is 75.9 Å². The summed E-state index contributed by atoms with van der Waals surface area (Å²) >= 11 is 3.15. The largest absolute Gasteiger partial charge is 1.00 e. The van der Waals surface area contributed by atoms with Gasteiger partial charge in [-0.1, -0.05) is 34.8 Å². The number of nitrogens with one attached hydrogen (secondary N) is 1. The minimum Gasteiger partial charge on any atom is -1.00 e. The topological polar surface area (TPSA) is 198 Å². The third kappa shape index (κ3) is 31.7. The molecule has 3 rings (SSSR count). The fraction of sp³-hybridized carbons (Fsp3) is 0.625. The predicted octanol–water partition coefficient (Wildman–Crippen LogP) is -2.86. The molecule has 0 aliphatic heterocycles. The van der Waals surface area contributed by atoms with E-state index in [2.05, 4.69) is 107 Å². The zero-order valence-corrected chi connectivity index (χ0v) is 40.2. The normalized spacial score (nSPS) is 10.8. The Morgan fingerprint density at radius 2 is 1.04 bits per heavy atom. The van der Waals surface area contributed by atoms with Crippen LogP contribution in [0.4, 0.5) is 15.5 Å². The number of aromatic nitrogens is 6. The molecule has 0 saturated heterocycles. The van der Waals surface area contributed by atoms with Crippen LogP contribution < -0.4 is 81.6 Å². The molecule has 296 valence electrons. The molecule has 0 bridgehead atoms. The summed E-state index contributed by atoms with van der Waals surface area (Å²) in [5.74, 6) is 3.71. The summed E-state index contributed by atoms with van der Waals surface area (Å²) in [5, 5.41) is 1.06. The van der Waals surface area contributed by atoms with Crippen molar-refractivity contribution in [2.45, 2.75) is 75.4 Å². The maximum Gasteiger partial charge on any atom is 1.00 e. The molecule has 3 aromatic heterocycles. The smallest absolute Gasteiger partial charge is 1.00 e. The van der Waals surface area contributed by atoms with E-state index in [0.717, 1.165) is 34.1 Å². The summed E-state index contributed by atoms with van der Waals surface area (Å²) in [6.45, 7) is 21.0. The molecule has 0 unspecified atom stereocenters. The molecule has 0 fully saturated rings. The van der Waals surface area contributed by atoms with Gasteiger partial charge in [0, 0.05) is 46.3 Å². The summed E-state index contributed by atoms with van der Waals surface area (Å²) in [4.78, 5) is 4.17. The molecular weight excluding hydrogens is 931 g/mol. The van der Waals surface area contributed by atoms with Gasteiger partial charge in [-0.05, 0) is 27.7 Å². The van der Waals surface area contributed by atoms with Crippen molar-refractivity contribution in [2.75, 3.05) is 5.33 Å². The van der Waals surface area contributed by atoms with Crippen LogP contribution in [0.15, 0.2) is 18.6 Å². The van der Waals surface area contributed by atoms with Gasteiger partial charge in [0.2, 0.25) is 20.8 Å². The van der Waals surface area contributed by atoms with Gasteiger partial charge in [-0.25, -0.2) is 40.1 Å². The number of aryl methyl sites for hydroxylation is 7. The molecule has 3 heterocycles. The van der Waals surface area contributed by atoms with Crippen molar-refractivity contribution in [1.29, 1.82) is 0 Å². The first kappa shape index (κ1) is 59.9. The second kappa shape index (κ2) is 27.3. The maximum atomic E-state index is 11.1. The van der Waals surface area contributed by atoms with Crippen LogP contribution in [0.2, 0.25) is 0 Å². The second-order valence-corrected chi connectivity index (χ2v) is 15.3. The number of alkyl halides is 1. The van der Waals surface area contributed by atoms with E-state index >= 15 is 0 Å². The second-order valence-electron chi connectivity index (χ2n) is 9.51. The van der Waals surface area contributed by atoms with Gasteiger partial charge in [-0.15, -0.1) is 7.77 Å². The Morgan fingerprint density at radius 1 is 0.745 bits per heavy atom. The summed E-state index contributed by atoms with van der Waals surface area (Å²) in [7, 11) is -16.1. The minimum atomic E-state index is -5.62. The van der Waals surface area contributed by atoms with Crippen LogP contribution in [0.1, 0.15) is 55.3 Å². The Hall–Kier alpha value is -0.334. The van der Waals surface area contributed by atoms with Crippen LogP contribution >= 0.6 is 15.9 Å². The van der Waals surface area contributed by atoms with Crippen molar-refractivity contribution >= 4 is 57.6 Å². The summed E-state index contributed by atoms with van der Waals surface area (Å²) in [6.07, 6.45) is 6.31. The number of hydrogen-bond donors (Lipinski definition) is 1. The van der Waals surface area contributed by atoms with Crippen LogP contribution in [0, 0.1) is 41.5 Å². The van der Waals surface area contributed by atoms with E-state index in [4.69, 9.17) is 0 Å². The third-order valence-corrected chi connectivity index (χ3v) is 8.67. The van der Waals surface area contributed by atoms with Gasteiger partial charge >= 0.3 is 72.2 Å². The van der Waals surface area contributed by atoms with Gasteiger partial charge in [0.1, 0.15) is 29.6 Å². The Balaban J connectivity index is -0.000000168. The van der Waals surface area contributed by atoms with Crippen LogP contribution in [-0.4, -0.2) is 57.7 Å². The fourth-order valence-corrected chi connectivity index (χ4v) is 5.50. The zero-order chi connectivity index (χ0) is 39.7. The molecule has 1 N–H and O–H groups in total. The number of halogens is 6. The zero-order valence-electron chi connectivity index (χ0n) is 30.7. The molecular formula is C24H46Br2F4KN8O8S4+. The molecule has 0 aliphatic rings. The quantitative estimate of drug-likeness (QED) is 0.0889. The van der Waals surface area contributed by atoms with Gasteiger partial charge in [0.25, 0.3) is 11.6 Å². The van der Waals surface area contributed by atoms with Gasteiger partial charge in [-0.3, -0.25) is 0 Å². The van der Waals surface area contributed by atoms with E-state index in [0.29, 0.717) is 0 Å². The Bertz CT molecular complexity index is 1720. The van der Waals surface area contributed by atoms with Gasteiger partial charge < -0.3 is 25.7 Å². The molecule has 0 amide bonds. The van der Waals surface area contributed by atoms with E-state index in [1.54, 1.807) is 0 Å². The molecule has 0 radical (unpaired) electrons. The number of imidazole rings is 3. The van der Waals surface area contributed by atoms with Crippen molar-refractivity contribution in [3.05, 3.63) is 57.3 Å². The van der Waals surface area contributed by atoms with Crippen molar-refractivity contribution < 1.29 is 127 Å². The molecule has 0 saturated carbocycles. The Morgan fingerprint density at radius 3 is 1.10 bits per heavy atom. The first-order valence-electron chi connectivity index (χ1n) is 13.7. The predicted molar refractivity (Wildman–Crippen MR) is 180 cm³/mol. The van der Waals surface area contributed by atoms with Crippen molar-refractivity contribution in [2.24, 2.45) is 21.1 Å². The summed E-state index contributed by atoms with van der Waals surface area (Å²) in [6, 6.07) is 0. The molecule has 0 spiro atoms. The number of rotatable bonds is 6. The molecule has 0 atom stereocenters. The van der Waals surface area contributed by atoms with E-state index < -0.39 is 41.6 Å². The third-order valence-electron chi connectivity index (χ3n) is 5.65. The Labute approximate surface area is 362 Å². The van der Waals surface area contributed by atoms with Crippen molar-refractivity contribution in [3.8, 4) is 0 Å². The Kier molecular flexibility index (Phi) is 32.1. The molecule has 3 aromatic rings. The first-order chi connectivity index (χ1) is 21.9. The van der Waals surface area contributed by atoms with E-state index in [1.807, 2.05) is 38.6 Å². The minimum absolute atomic E-state index is 0. The van der Waals surface area contributed by atoms with Gasteiger partial charge in [0.15, 0.2) is 0 Å². The SMILES string of the molecule is CCBr.CCn1c(C)c[n+](C)c1C.CCn1c(C)c[n+](C)c1C.Cc1cn(C)c(C)n1.O=S(=O)(F)NS(=O)(=O)F.O=S(=O)(F)[N-]S(=O)(=O)F.[Br-].[K+]. The van der Waals surface area contributed by atoms with E-state index in [9.17, 15) is 49.2 Å². The monoisotopic (exact) mass is 975 g/mol. The van der Waals surface area contributed by atoms with E-state index in [1.165, 1.54) is 23.0 Å². The number of nitrogens with zero attached hydrogens (tertiary/aromatic N) is 7. The number of hydrogen-bond acceptors (Lipinski definition) is 9. The molecule has 0 aliphatic carbocycles. The fourth-order valence-electron chi connectivity index (χ4n) is 3.70.